The first kappa shape index (κ1) is 35.0. The number of anilines is 5. The third-order valence-corrected chi connectivity index (χ3v) is 11.4. The maximum Gasteiger partial charge on any atom is 0.123 e. The Bertz CT molecular complexity index is 2650. The molecule has 0 atom stereocenters. The summed E-state index contributed by atoms with van der Waals surface area (Å²) < 4.78 is 13.9. The van der Waals surface area contributed by atoms with Crippen molar-refractivity contribution in [3.05, 3.63) is 217 Å². The highest BCUT2D eigenvalue weighted by molar-refractivity contribution is 5.89. The van der Waals surface area contributed by atoms with Gasteiger partial charge in [0, 0.05) is 46.0 Å². The predicted octanol–water partition coefficient (Wildman–Crippen LogP) is 14.6. The monoisotopic (exact) mass is 726 g/mol. The summed E-state index contributed by atoms with van der Waals surface area (Å²) in [6, 6.07) is 57.3. The first-order valence-corrected chi connectivity index (χ1v) is 19.3. The second kappa shape index (κ2) is 14.2. The zero-order valence-corrected chi connectivity index (χ0v) is 32.0. The van der Waals surface area contributed by atoms with Crippen molar-refractivity contribution in [1.82, 2.24) is 0 Å². The fourth-order valence-electron chi connectivity index (χ4n) is 8.43. The molecular weight excluding hydrogens is 684 g/mol. The van der Waals surface area contributed by atoms with Gasteiger partial charge in [-0.3, -0.25) is 0 Å². The van der Waals surface area contributed by atoms with E-state index in [1.807, 2.05) is 12.1 Å². The van der Waals surface area contributed by atoms with Gasteiger partial charge in [0.15, 0.2) is 0 Å². The van der Waals surface area contributed by atoms with Gasteiger partial charge in [-0.2, -0.15) is 0 Å². The molecule has 9 rings (SSSR count). The number of allylic oxidation sites excluding steroid dienone is 4. The van der Waals surface area contributed by atoms with Crippen LogP contribution in [0.5, 0.6) is 0 Å². The van der Waals surface area contributed by atoms with E-state index in [0.717, 1.165) is 56.3 Å². The van der Waals surface area contributed by atoms with E-state index in [-0.39, 0.29) is 11.2 Å². The van der Waals surface area contributed by atoms with Crippen LogP contribution in [0, 0.1) is 5.82 Å². The first-order valence-electron chi connectivity index (χ1n) is 19.3. The predicted molar refractivity (Wildman–Crippen MR) is 235 cm³/mol. The molecule has 1 aliphatic carbocycles. The third kappa shape index (κ3) is 6.35. The van der Waals surface area contributed by atoms with Crippen LogP contribution in [0.2, 0.25) is 0 Å². The second-order valence-electron chi connectivity index (χ2n) is 15.3. The van der Waals surface area contributed by atoms with Gasteiger partial charge in [0.2, 0.25) is 0 Å². The molecule has 2 nitrogen and oxygen atoms in total. The summed E-state index contributed by atoms with van der Waals surface area (Å²) in [6.45, 7) is 11.9. The summed E-state index contributed by atoms with van der Waals surface area (Å²) in [7, 11) is 0. The van der Waals surface area contributed by atoms with Crippen LogP contribution in [0.25, 0.3) is 39.0 Å². The lowest BCUT2D eigenvalue weighted by Gasteiger charge is -2.27. The van der Waals surface area contributed by atoms with E-state index in [4.69, 9.17) is 0 Å². The number of fused-ring (bicyclic) bond motifs is 4. The lowest BCUT2D eigenvalue weighted by Crippen LogP contribution is -2.18. The highest BCUT2D eigenvalue weighted by Crippen LogP contribution is 2.49. The third-order valence-electron chi connectivity index (χ3n) is 11.4. The van der Waals surface area contributed by atoms with Crippen LogP contribution in [-0.4, -0.2) is 6.54 Å². The molecule has 7 aromatic carbocycles. The van der Waals surface area contributed by atoms with Gasteiger partial charge < -0.3 is 9.80 Å². The molecule has 0 N–H and O–H groups in total. The molecule has 0 spiro atoms. The Kier molecular flexibility index (Phi) is 8.86. The van der Waals surface area contributed by atoms with Gasteiger partial charge >= 0.3 is 0 Å². The number of hydrogen-bond acceptors (Lipinski definition) is 2. The molecule has 0 fully saturated rings. The van der Waals surface area contributed by atoms with Crippen molar-refractivity contribution in [1.29, 1.82) is 0 Å². The maximum absolute atomic E-state index is 13.9. The summed E-state index contributed by atoms with van der Waals surface area (Å²) in [4.78, 5) is 4.52. The fourth-order valence-corrected chi connectivity index (χ4v) is 8.43. The molecule has 1 aliphatic heterocycles. The second-order valence-corrected chi connectivity index (χ2v) is 15.3. The minimum atomic E-state index is -0.247. The highest BCUT2D eigenvalue weighted by atomic mass is 19.1. The van der Waals surface area contributed by atoms with E-state index < -0.39 is 0 Å². The molecule has 2 aliphatic rings. The molecule has 3 heteroatoms. The summed E-state index contributed by atoms with van der Waals surface area (Å²) in [5.74, 6) is -0.247. The zero-order chi connectivity index (χ0) is 38.4. The topological polar surface area (TPSA) is 6.48 Å². The molecule has 0 bridgehead atoms. The van der Waals surface area contributed by atoms with Crippen molar-refractivity contribution < 1.29 is 4.39 Å². The smallest absolute Gasteiger partial charge is 0.123 e. The van der Waals surface area contributed by atoms with Crippen molar-refractivity contribution in [3.8, 4) is 33.4 Å². The number of nitrogens with zero attached hydrogens (tertiary/aromatic N) is 2. The average molecular weight is 727 g/mol. The lowest BCUT2D eigenvalue weighted by molar-refractivity contribution is 0.628. The van der Waals surface area contributed by atoms with Crippen LogP contribution in [0.4, 0.5) is 32.8 Å². The van der Waals surface area contributed by atoms with Crippen LogP contribution >= 0.6 is 0 Å². The zero-order valence-electron chi connectivity index (χ0n) is 32.0. The Morgan fingerprint density at radius 2 is 1.14 bits per heavy atom. The van der Waals surface area contributed by atoms with E-state index in [0.29, 0.717) is 6.54 Å². The molecule has 0 amide bonds. The van der Waals surface area contributed by atoms with E-state index >= 15 is 0 Å². The van der Waals surface area contributed by atoms with Crippen LogP contribution in [0.15, 0.2) is 194 Å². The number of hydrogen-bond donors (Lipinski definition) is 0. The van der Waals surface area contributed by atoms with E-state index in [2.05, 4.69) is 195 Å². The molecular formula is C53H43FN2. The minimum absolute atomic E-state index is 0.0405. The Morgan fingerprint density at radius 1 is 0.571 bits per heavy atom. The van der Waals surface area contributed by atoms with Gasteiger partial charge in [0.25, 0.3) is 0 Å². The number of rotatable bonds is 6. The van der Waals surface area contributed by atoms with Gasteiger partial charge in [-0.1, -0.05) is 129 Å². The van der Waals surface area contributed by atoms with Gasteiger partial charge in [0.1, 0.15) is 5.82 Å². The first-order chi connectivity index (χ1) is 27.2. The lowest BCUT2D eigenvalue weighted by atomic mass is 9.81. The van der Waals surface area contributed by atoms with Crippen molar-refractivity contribution in [3.63, 3.8) is 0 Å². The Hall–Kier alpha value is -6.71. The van der Waals surface area contributed by atoms with Gasteiger partial charge in [-0.15, -0.1) is 0 Å². The Labute approximate surface area is 329 Å². The van der Waals surface area contributed by atoms with Crippen LogP contribution in [-0.2, 0) is 5.41 Å². The van der Waals surface area contributed by atoms with E-state index in [9.17, 15) is 4.39 Å². The minimum Gasteiger partial charge on any atom is -0.337 e. The maximum atomic E-state index is 13.9. The van der Waals surface area contributed by atoms with Crippen molar-refractivity contribution in [2.75, 3.05) is 16.3 Å². The molecule has 0 saturated heterocycles. The fraction of sp³-hybridized carbons (Fsp3) is 0.0943. The summed E-state index contributed by atoms with van der Waals surface area (Å²) in [5, 5.41) is 0. The summed E-state index contributed by atoms with van der Waals surface area (Å²) in [6.07, 6.45) is 6.39. The number of benzene rings is 7. The van der Waals surface area contributed by atoms with Crippen LogP contribution in [0.3, 0.4) is 0 Å². The number of halogens is 1. The van der Waals surface area contributed by atoms with Crippen LogP contribution in [0.1, 0.15) is 37.5 Å². The highest BCUT2D eigenvalue weighted by Gasteiger charge is 2.35. The molecule has 0 aromatic heterocycles. The van der Waals surface area contributed by atoms with Crippen molar-refractivity contribution >= 4 is 34.0 Å². The van der Waals surface area contributed by atoms with E-state index in [1.165, 1.54) is 45.5 Å². The standard InChI is InChI=1S/C53H43FN2/c1-36-11-10-32-55(43-28-22-42(54)23-29-43)52-31-21-40(34-49(52)37(2)33-36)38-16-24-45(25-17-38)56(44-12-6-5-7-13-44)46-26-18-39(19-27-46)41-20-30-48-47-14-8-9-15-50(47)53(3,4)51(48)35-41/h5-31,33-35H,2,32H2,1,3-4H3/b11-10-,36-33-. The SMILES string of the molecule is C=C1/C=C(C)\C=C/CN(c2ccc(F)cc2)c2ccc(-c3ccc(N(c4ccccc4)c4ccc(-c5ccc6c(c5)C(C)(C)c5ccccc5-6)cc4)cc3)cc21. The molecule has 0 unspecified atom stereocenters. The quantitative estimate of drug-likeness (QED) is 0.168. The molecule has 0 radical (unpaired) electrons. The molecule has 0 saturated carbocycles. The van der Waals surface area contributed by atoms with Crippen LogP contribution < -0.4 is 9.80 Å². The number of para-hydroxylation sites is 1. The molecule has 1 heterocycles. The van der Waals surface area contributed by atoms with Crippen molar-refractivity contribution in [2.45, 2.75) is 26.2 Å². The average Bonchev–Trinajstić information content (AvgIpc) is 3.49. The Balaban J connectivity index is 1.04. The van der Waals surface area contributed by atoms with E-state index in [1.54, 1.807) is 0 Å². The molecule has 272 valence electrons. The molecule has 56 heavy (non-hydrogen) atoms. The molecule has 7 aromatic rings. The largest absolute Gasteiger partial charge is 0.337 e. The summed E-state index contributed by atoms with van der Waals surface area (Å²) in [5.41, 5.74) is 18.4. The van der Waals surface area contributed by atoms with Gasteiger partial charge in [0.05, 0.1) is 0 Å². The van der Waals surface area contributed by atoms with Gasteiger partial charge in [-0.05, 0) is 136 Å². The van der Waals surface area contributed by atoms with Crippen molar-refractivity contribution in [2.24, 2.45) is 0 Å². The normalized spacial score (nSPS) is 15.7. The van der Waals surface area contributed by atoms with Gasteiger partial charge in [-0.25, -0.2) is 4.39 Å². The Morgan fingerprint density at radius 3 is 1.84 bits per heavy atom. The summed E-state index contributed by atoms with van der Waals surface area (Å²) >= 11 is 0.